The maximum absolute atomic E-state index is 2.43. The van der Waals surface area contributed by atoms with Gasteiger partial charge in [0.1, 0.15) is 0 Å². The number of hydrogen-bond donors (Lipinski definition) is 0. The smallest absolute Gasteiger partial charge is 0.0553 e. The highest BCUT2D eigenvalue weighted by Gasteiger charge is 2.19. The van der Waals surface area contributed by atoms with E-state index in [1.54, 1.807) is 0 Å². The van der Waals surface area contributed by atoms with Gasteiger partial charge in [0.2, 0.25) is 0 Å². The minimum atomic E-state index is 1.15. The van der Waals surface area contributed by atoms with E-state index in [2.05, 4.69) is 228 Å². The van der Waals surface area contributed by atoms with Crippen LogP contribution in [0.4, 0.5) is 0 Å². The Bertz CT molecular complexity index is 3190. The third-order valence-electron chi connectivity index (χ3n) is 11.3. The molecule has 9 aromatic carbocycles. The Morgan fingerprint density at radius 1 is 0.232 bits per heavy atom. The van der Waals surface area contributed by atoms with Crippen LogP contribution < -0.4 is 0 Å². The molecule has 56 heavy (non-hydrogen) atoms. The molecule has 0 fully saturated rings. The van der Waals surface area contributed by atoms with Crippen LogP contribution in [0.5, 0.6) is 0 Å². The van der Waals surface area contributed by atoms with Gasteiger partial charge in [-0.15, -0.1) is 0 Å². The van der Waals surface area contributed by atoms with Crippen molar-refractivity contribution < 1.29 is 0 Å². The zero-order chi connectivity index (χ0) is 37.0. The van der Waals surface area contributed by atoms with Crippen LogP contribution in [0, 0.1) is 0 Å². The van der Waals surface area contributed by atoms with Gasteiger partial charge < -0.3 is 9.13 Å². The van der Waals surface area contributed by atoms with E-state index in [0.717, 1.165) is 5.69 Å². The molecule has 0 N–H and O–H groups in total. The van der Waals surface area contributed by atoms with E-state index < -0.39 is 0 Å². The molecular formula is C54H36N2. The topological polar surface area (TPSA) is 9.86 Å². The van der Waals surface area contributed by atoms with Crippen molar-refractivity contribution in [2.24, 2.45) is 0 Å². The van der Waals surface area contributed by atoms with Crippen molar-refractivity contribution in [3.8, 4) is 55.9 Å². The van der Waals surface area contributed by atoms with E-state index in [1.165, 1.54) is 93.8 Å². The summed E-state index contributed by atoms with van der Waals surface area (Å²) in [4.78, 5) is 0. The van der Waals surface area contributed by atoms with E-state index in [0.29, 0.717) is 0 Å². The summed E-state index contributed by atoms with van der Waals surface area (Å²) in [7, 11) is 0. The molecule has 0 saturated heterocycles. The van der Waals surface area contributed by atoms with Gasteiger partial charge in [0.25, 0.3) is 0 Å². The SMILES string of the molecule is c1ccc(-c2cc(-c3ccccc3)c3c4cc(-c5ccc(-c6ccc7c(c6)c6ccccc6n7-c6ccccc6)cc5)ccc4n(-c4ccccc4)c3c2)cc1. The standard InChI is InChI=1S/C54H36N2/c1-5-15-37(16-6-1)43-35-47(40-17-7-2-8-18-40)54-49-34-42(30-32-52(49)56(53(54)36-43)45-21-11-4-12-22-45)39-27-25-38(26-28-39)41-29-31-51-48(33-41)46-23-13-14-24-50(46)55(51)44-19-9-3-10-20-44/h1-36H. The van der Waals surface area contributed by atoms with Gasteiger partial charge in [0.05, 0.1) is 22.1 Å². The van der Waals surface area contributed by atoms with Crippen LogP contribution in [0.2, 0.25) is 0 Å². The fourth-order valence-corrected chi connectivity index (χ4v) is 8.69. The Kier molecular flexibility index (Phi) is 7.53. The molecule has 0 spiro atoms. The summed E-state index contributed by atoms with van der Waals surface area (Å²) < 4.78 is 4.80. The molecule has 262 valence electrons. The summed E-state index contributed by atoms with van der Waals surface area (Å²) in [5, 5.41) is 5.02. The van der Waals surface area contributed by atoms with Gasteiger partial charge in [-0.3, -0.25) is 0 Å². The van der Waals surface area contributed by atoms with Crippen molar-refractivity contribution in [1.29, 1.82) is 0 Å². The van der Waals surface area contributed by atoms with Gasteiger partial charge >= 0.3 is 0 Å². The molecule has 0 radical (unpaired) electrons. The van der Waals surface area contributed by atoms with Crippen LogP contribution in [0.3, 0.4) is 0 Å². The van der Waals surface area contributed by atoms with Crippen LogP contribution in [0.25, 0.3) is 99.5 Å². The van der Waals surface area contributed by atoms with E-state index in [-0.39, 0.29) is 0 Å². The molecule has 2 nitrogen and oxygen atoms in total. The second-order valence-electron chi connectivity index (χ2n) is 14.6. The quantitative estimate of drug-likeness (QED) is 0.162. The largest absolute Gasteiger partial charge is 0.309 e. The molecule has 2 heteroatoms. The minimum absolute atomic E-state index is 1.15. The summed E-state index contributed by atoms with van der Waals surface area (Å²) in [5.41, 5.74) is 16.8. The number of para-hydroxylation sites is 3. The van der Waals surface area contributed by atoms with Crippen LogP contribution in [0.15, 0.2) is 218 Å². The Hall–Kier alpha value is -7.42. The van der Waals surface area contributed by atoms with Gasteiger partial charge in [-0.2, -0.15) is 0 Å². The van der Waals surface area contributed by atoms with Gasteiger partial charge in [-0.1, -0.05) is 152 Å². The second kappa shape index (κ2) is 13.2. The summed E-state index contributed by atoms with van der Waals surface area (Å²) in [5.74, 6) is 0. The average Bonchev–Trinajstić information content (AvgIpc) is 3.79. The highest BCUT2D eigenvalue weighted by Crippen LogP contribution is 2.43. The Labute approximate surface area is 325 Å². The number of aromatic nitrogens is 2. The number of hydrogen-bond acceptors (Lipinski definition) is 0. The lowest BCUT2D eigenvalue weighted by Crippen LogP contribution is -1.94. The first-order valence-electron chi connectivity index (χ1n) is 19.3. The molecule has 11 aromatic rings. The van der Waals surface area contributed by atoms with E-state index in [4.69, 9.17) is 0 Å². The van der Waals surface area contributed by atoms with Crippen molar-refractivity contribution >= 4 is 43.6 Å². The van der Waals surface area contributed by atoms with Gasteiger partial charge in [-0.05, 0) is 111 Å². The molecule has 0 atom stereocenters. The summed E-state index contributed by atoms with van der Waals surface area (Å²) in [6.45, 7) is 0. The third kappa shape index (κ3) is 5.26. The van der Waals surface area contributed by atoms with Crippen molar-refractivity contribution in [3.63, 3.8) is 0 Å². The highest BCUT2D eigenvalue weighted by atomic mass is 15.0. The molecule has 0 aliphatic carbocycles. The van der Waals surface area contributed by atoms with Gasteiger partial charge in [0, 0.05) is 32.9 Å². The number of rotatable bonds is 6. The summed E-state index contributed by atoms with van der Waals surface area (Å²) in [6, 6.07) is 79.4. The number of benzene rings is 9. The maximum atomic E-state index is 2.43. The number of nitrogens with zero attached hydrogens (tertiary/aromatic N) is 2. The monoisotopic (exact) mass is 712 g/mol. The van der Waals surface area contributed by atoms with E-state index in [9.17, 15) is 0 Å². The van der Waals surface area contributed by atoms with Gasteiger partial charge in [-0.25, -0.2) is 0 Å². The zero-order valence-corrected chi connectivity index (χ0v) is 30.7. The Morgan fingerprint density at radius 3 is 1.27 bits per heavy atom. The van der Waals surface area contributed by atoms with Crippen molar-refractivity contribution in [2.45, 2.75) is 0 Å². The van der Waals surface area contributed by atoms with Crippen LogP contribution >= 0.6 is 0 Å². The van der Waals surface area contributed by atoms with Crippen LogP contribution in [0.1, 0.15) is 0 Å². The lowest BCUT2D eigenvalue weighted by Gasteiger charge is -2.12. The fourth-order valence-electron chi connectivity index (χ4n) is 8.69. The van der Waals surface area contributed by atoms with E-state index >= 15 is 0 Å². The minimum Gasteiger partial charge on any atom is -0.309 e. The first kappa shape index (κ1) is 32.0. The molecule has 0 amide bonds. The van der Waals surface area contributed by atoms with Gasteiger partial charge in [0.15, 0.2) is 0 Å². The molecule has 11 rings (SSSR count). The van der Waals surface area contributed by atoms with Crippen molar-refractivity contribution in [1.82, 2.24) is 9.13 Å². The van der Waals surface area contributed by atoms with Crippen LogP contribution in [-0.2, 0) is 0 Å². The molecule has 2 heterocycles. The first-order chi connectivity index (χ1) is 27.8. The molecular weight excluding hydrogens is 677 g/mol. The molecule has 0 unspecified atom stereocenters. The normalized spacial score (nSPS) is 11.6. The lowest BCUT2D eigenvalue weighted by atomic mass is 9.93. The second-order valence-corrected chi connectivity index (χ2v) is 14.6. The zero-order valence-electron chi connectivity index (χ0n) is 30.7. The van der Waals surface area contributed by atoms with Crippen molar-refractivity contribution in [3.05, 3.63) is 218 Å². The Balaban J connectivity index is 1.06. The average molecular weight is 713 g/mol. The lowest BCUT2D eigenvalue weighted by molar-refractivity contribution is 1.18. The third-order valence-corrected chi connectivity index (χ3v) is 11.3. The predicted octanol–water partition coefficient (Wildman–Crippen LogP) is 14.5. The molecule has 0 aliphatic rings. The Morgan fingerprint density at radius 2 is 0.661 bits per heavy atom. The van der Waals surface area contributed by atoms with Crippen molar-refractivity contribution in [2.75, 3.05) is 0 Å². The van der Waals surface area contributed by atoms with Crippen LogP contribution in [-0.4, -0.2) is 9.13 Å². The highest BCUT2D eigenvalue weighted by molar-refractivity contribution is 6.18. The summed E-state index contributed by atoms with van der Waals surface area (Å²) >= 11 is 0. The molecule has 0 saturated carbocycles. The number of fused-ring (bicyclic) bond motifs is 6. The maximum Gasteiger partial charge on any atom is 0.0553 e. The molecule has 2 aromatic heterocycles. The summed E-state index contributed by atoms with van der Waals surface area (Å²) in [6.07, 6.45) is 0. The predicted molar refractivity (Wildman–Crippen MR) is 237 cm³/mol. The fraction of sp³-hybridized carbons (Fsp3) is 0. The molecule has 0 aliphatic heterocycles. The molecule has 0 bridgehead atoms. The van der Waals surface area contributed by atoms with E-state index in [1.807, 2.05) is 0 Å². The first-order valence-corrected chi connectivity index (χ1v) is 19.3.